The molecule has 738 valence electrons. The molecular formula is C100H170O28. The SMILES string of the molecule is C=C(C1CCOC1=O)C(C)(C)C.CC(=O)C1(C)CC(C)(C)C(=O)O1.CC(C)(O)C1COC(=O)C1.CC1(C)CC(=O)COC1(C)C.CC1(C)CC(=O)OC1(C)C.CC1(C)CC(C)(C)C(=O)O1.CC1(C)CCCOC1=O.CC1(C)CCOC(=O)C1.CC1(C)CCOC(=O)C1(C)C.CC1(C)CCOC1=O.CC1(C)COC(=O)C1.CC1CC(C)(C)C(=O)O1.CC1OC(=O)CC1(C)C. The highest BCUT2D eigenvalue weighted by Crippen LogP contribution is 2.48. The molecule has 0 aromatic heterocycles. The number of cyclic esters (lactones) is 12. The van der Waals surface area contributed by atoms with Crippen LogP contribution >= 0.6 is 0 Å². The largest absolute Gasteiger partial charge is 0.466 e. The molecule has 13 saturated heterocycles. The Labute approximate surface area is 767 Å². The minimum Gasteiger partial charge on any atom is -0.466 e. The Balaban J connectivity index is 0.000000694. The number of ketones is 2. The van der Waals surface area contributed by atoms with Gasteiger partial charge in [-0.2, -0.15) is 0 Å². The van der Waals surface area contributed by atoms with Crippen LogP contribution in [0.2, 0.25) is 0 Å². The fourth-order valence-electron chi connectivity index (χ4n) is 14.3. The van der Waals surface area contributed by atoms with Gasteiger partial charge >= 0.3 is 71.6 Å². The van der Waals surface area contributed by atoms with Crippen molar-refractivity contribution in [2.45, 2.75) is 407 Å². The number of carbonyl (C=O) groups excluding carboxylic acids is 14. The molecule has 0 aliphatic carbocycles. The predicted molar refractivity (Wildman–Crippen MR) is 485 cm³/mol. The van der Waals surface area contributed by atoms with Gasteiger partial charge < -0.3 is 66.7 Å². The van der Waals surface area contributed by atoms with E-state index in [0.29, 0.717) is 91.2 Å². The van der Waals surface area contributed by atoms with Crippen LogP contribution in [0.15, 0.2) is 12.2 Å². The summed E-state index contributed by atoms with van der Waals surface area (Å²) in [5.41, 5.74) is -2.80. The van der Waals surface area contributed by atoms with Crippen LogP contribution in [0.4, 0.5) is 0 Å². The van der Waals surface area contributed by atoms with Crippen molar-refractivity contribution in [3.05, 3.63) is 12.2 Å². The molecule has 0 aromatic carbocycles. The molecule has 0 spiro atoms. The molecule has 28 nitrogen and oxygen atoms in total. The van der Waals surface area contributed by atoms with Gasteiger partial charge in [0.15, 0.2) is 17.2 Å². The first-order valence-corrected chi connectivity index (χ1v) is 45.5. The molecule has 13 fully saturated rings. The monoisotopic (exact) mass is 1820 g/mol. The number of ether oxygens (including phenoxy) is 13. The summed E-state index contributed by atoms with van der Waals surface area (Å²) >= 11 is 0. The van der Waals surface area contributed by atoms with E-state index in [1.807, 2.05) is 152 Å². The van der Waals surface area contributed by atoms with Gasteiger partial charge in [0.25, 0.3) is 0 Å². The lowest BCUT2D eigenvalue weighted by Crippen LogP contribution is -2.48. The molecule has 13 heterocycles. The van der Waals surface area contributed by atoms with Crippen LogP contribution in [0.3, 0.4) is 0 Å². The van der Waals surface area contributed by atoms with Gasteiger partial charge in [-0.05, 0) is 227 Å². The lowest BCUT2D eigenvalue weighted by Gasteiger charge is -2.44. The van der Waals surface area contributed by atoms with Crippen molar-refractivity contribution in [1.29, 1.82) is 0 Å². The topological polar surface area (TPSA) is 379 Å². The van der Waals surface area contributed by atoms with Crippen molar-refractivity contribution >= 4 is 83.2 Å². The molecule has 13 aliphatic rings. The van der Waals surface area contributed by atoms with E-state index in [1.165, 1.54) is 6.92 Å². The Morgan fingerprint density at radius 3 is 1.12 bits per heavy atom. The smallest absolute Gasteiger partial charge is 0.313 e. The third-order valence-corrected chi connectivity index (χ3v) is 26.8. The molecule has 5 atom stereocenters. The van der Waals surface area contributed by atoms with Crippen molar-refractivity contribution in [2.24, 2.45) is 82.2 Å². The zero-order chi connectivity index (χ0) is 100. The van der Waals surface area contributed by atoms with Gasteiger partial charge in [-0.3, -0.25) is 67.1 Å². The van der Waals surface area contributed by atoms with E-state index >= 15 is 0 Å². The third-order valence-electron chi connectivity index (χ3n) is 26.8. The van der Waals surface area contributed by atoms with Crippen molar-refractivity contribution in [3.63, 3.8) is 0 Å². The number of Topliss-reactive ketones (excluding diaryl/α,β-unsaturated/α-hetero) is 2. The van der Waals surface area contributed by atoms with Gasteiger partial charge in [-0.25, -0.2) is 0 Å². The van der Waals surface area contributed by atoms with Crippen molar-refractivity contribution < 1.29 is 134 Å². The van der Waals surface area contributed by atoms with Gasteiger partial charge in [0.1, 0.15) is 30.0 Å². The molecule has 5 unspecified atom stereocenters. The number of hydrogen-bond acceptors (Lipinski definition) is 28. The number of esters is 12. The summed E-state index contributed by atoms with van der Waals surface area (Å²) in [6, 6.07) is 0. The van der Waals surface area contributed by atoms with E-state index < -0.39 is 16.6 Å². The molecule has 0 amide bonds. The highest BCUT2D eigenvalue weighted by molar-refractivity contribution is 5.92. The van der Waals surface area contributed by atoms with Crippen LogP contribution in [0, 0.1) is 82.2 Å². The van der Waals surface area contributed by atoms with E-state index in [0.717, 1.165) is 56.9 Å². The molecule has 1 N–H and O–H groups in total. The maximum absolute atomic E-state index is 11.3. The Hall–Kier alpha value is -7.36. The summed E-state index contributed by atoms with van der Waals surface area (Å²) in [6.07, 6.45) is 11.2. The average Bonchev–Trinajstić information content (AvgIpc) is 1.21. The van der Waals surface area contributed by atoms with Crippen LogP contribution in [-0.2, 0) is 129 Å². The summed E-state index contributed by atoms with van der Waals surface area (Å²) in [5, 5.41) is 9.40. The molecule has 128 heavy (non-hydrogen) atoms. The molecule has 0 saturated carbocycles. The zero-order valence-corrected chi connectivity index (χ0v) is 86.2. The lowest BCUT2D eigenvalue weighted by molar-refractivity contribution is -0.172. The number of rotatable bonds is 3. The number of hydrogen-bond donors (Lipinski definition) is 1. The van der Waals surface area contributed by atoms with Gasteiger partial charge in [0.05, 0.1) is 128 Å². The first-order chi connectivity index (χ1) is 57.1. The summed E-state index contributed by atoms with van der Waals surface area (Å²) in [4.78, 5) is 153. The minimum absolute atomic E-state index is 0.00796. The van der Waals surface area contributed by atoms with Crippen LogP contribution < -0.4 is 0 Å². The first kappa shape index (κ1) is 119. The highest BCUT2D eigenvalue weighted by Gasteiger charge is 2.53. The predicted octanol–water partition coefficient (Wildman–Crippen LogP) is 18.3. The molecule has 13 aliphatic heterocycles. The summed E-state index contributed by atoms with van der Waals surface area (Å²) in [6.45, 7) is 84.3. The molecule has 0 aromatic rings. The van der Waals surface area contributed by atoms with Crippen LogP contribution in [0.25, 0.3) is 0 Å². The maximum atomic E-state index is 11.3. The van der Waals surface area contributed by atoms with E-state index in [2.05, 4.69) is 82.7 Å². The van der Waals surface area contributed by atoms with Gasteiger partial charge in [0.2, 0.25) is 0 Å². The van der Waals surface area contributed by atoms with Crippen LogP contribution in [0.5, 0.6) is 0 Å². The van der Waals surface area contributed by atoms with Crippen molar-refractivity contribution in [1.82, 2.24) is 0 Å². The summed E-state index contributed by atoms with van der Waals surface area (Å²) < 4.78 is 64.3. The fraction of sp³-hybridized carbons (Fsp3) is 0.840. The second-order valence-corrected chi connectivity index (χ2v) is 47.6. The fourth-order valence-corrected chi connectivity index (χ4v) is 14.3. The van der Waals surface area contributed by atoms with Crippen LogP contribution in [-0.4, -0.2) is 181 Å². The van der Waals surface area contributed by atoms with Crippen molar-refractivity contribution in [2.75, 3.05) is 52.9 Å². The number of aliphatic hydroxyl groups is 1. The van der Waals surface area contributed by atoms with E-state index in [9.17, 15) is 72.2 Å². The van der Waals surface area contributed by atoms with Crippen LogP contribution in [0.1, 0.15) is 366 Å². The Kier molecular flexibility index (Phi) is 41.6. The first-order valence-electron chi connectivity index (χ1n) is 45.5. The van der Waals surface area contributed by atoms with Gasteiger partial charge in [-0.1, -0.05) is 116 Å². The van der Waals surface area contributed by atoms with Crippen molar-refractivity contribution in [3.8, 4) is 0 Å². The highest BCUT2D eigenvalue weighted by atomic mass is 16.6. The number of carbonyl (C=O) groups is 14. The summed E-state index contributed by atoms with van der Waals surface area (Å²) in [5.74, 6) is -1.08. The summed E-state index contributed by atoms with van der Waals surface area (Å²) in [7, 11) is 0. The van der Waals surface area contributed by atoms with E-state index in [-0.39, 0.29) is 196 Å². The molecule has 13 rings (SSSR count). The van der Waals surface area contributed by atoms with E-state index in [1.54, 1.807) is 34.6 Å². The molecule has 0 bridgehead atoms. The quantitative estimate of drug-likeness (QED) is 0.156. The zero-order valence-electron chi connectivity index (χ0n) is 86.2. The average molecular weight is 1820 g/mol. The Bertz CT molecular complexity index is 3830. The van der Waals surface area contributed by atoms with E-state index in [4.69, 9.17) is 61.6 Å². The second kappa shape index (κ2) is 44.9. The normalized spacial score (nSPS) is 28.0. The molecule has 0 radical (unpaired) electrons. The Morgan fingerprint density at radius 2 is 0.906 bits per heavy atom. The molecule has 28 heteroatoms. The van der Waals surface area contributed by atoms with Gasteiger partial charge in [0, 0.05) is 46.8 Å². The third kappa shape index (κ3) is 37.7. The minimum atomic E-state index is -0.888. The van der Waals surface area contributed by atoms with Gasteiger partial charge in [-0.15, -0.1) is 0 Å². The lowest BCUT2D eigenvalue weighted by atomic mass is 9.65. The Morgan fingerprint density at radius 1 is 0.422 bits per heavy atom. The molecular weight excluding hydrogens is 1650 g/mol. The maximum Gasteiger partial charge on any atom is 0.313 e. The standard InChI is InChI=1S/C10H16O2.C9H14O3.2C9H16O2.2C8H14O2.C7H12O3.4C7H12O2.2C6H10O2/c1-7(10(2,3)4)8-5-6-12-9(8)11;1-6(10)9(4)5-8(2,3)7(11)12-9;1-8(2)5-7(10)6-11-9(8,3)4;1-8(2)5-6-11-7(10)9(8,3)4;1-7(2)5-8(3,4)10-6(7)9;1-7(2)5-6(9)10-8(7,3)4;1-7(2,9)5-3-6(8)10-4-5;1-5-7(2,3)4-6(8)9-5;1-5-4-7(2,3)6(8)9-5;1-7(2)3-4-9-6(8)5-7;1-7(2)4-3-5-9-6(7)8;1-6(2)3-5(7)8-4-6;1-6(2)3-4-8-5(6)7/h8H,1,5-6H2,2-4H3;5H2,1-4H3;2*5-6H2,1-4H3;2*5H2,1-4H3;5,9H,3-4H2,1-2H3;2*5H,4H2,1-3H3;2*3-5H2,1-2H3;2*3-4H2,1-2H3. The second-order valence-electron chi connectivity index (χ2n) is 47.6.